The molecule has 1 aromatic rings. The number of carbonyl (C=O) groups is 1. The lowest BCUT2D eigenvalue weighted by molar-refractivity contribution is 0.00684. The third-order valence-corrected chi connectivity index (χ3v) is 2.94. The van der Waals surface area contributed by atoms with Gasteiger partial charge in [-0.2, -0.15) is 0 Å². The molecule has 1 atom stereocenters. The molecule has 0 radical (unpaired) electrons. The highest BCUT2D eigenvalue weighted by Crippen LogP contribution is 2.32. The maximum Gasteiger partial charge on any atom is 0.338 e. The molecular weight excluding hydrogens is 214 g/mol. The smallest absolute Gasteiger partial charge is 0.338 e. The van der Waals surface area contributed by atoms with E-state index in [1.807, 2.05) is 39.0 Å². The van der Waals surface area contributed by atoms with Crippen molar-refractivity contribution in [3.8, 4) is 0 Å². The third-order valence-electron chi connectivity index (χ3n) is 2.94. The highest BCUT2D eigenvalue weighted by Gasteiger charge is 2.26. The molecular formula is C14H19NO2. The Balaban J connectivity index is 2.32. The Morgan fingerprint density at radius 3 is 2.76 bits per heavy atom. The molecule has 2 N–H and O–H groups in total. The fraction of sp³-hybridized carbons (Fsp3) is 0.500. The predicted octanol–water partition coefficient (Wildman–Crippen LogP) is 2.59. The lowest BCUT2D eigenvalue weighted by Crippen LogP contribution is -2.24. The van der Waals surface area contributed by atoms with E-state index in [1.165, 1.54) is 0 Å². The van der Waals surface area contributed by atoms with Crippen LogP contribution < -0.4 is 5.73 Å². The van der Waals surface area contributed by atoms with E-state index in [-0.39, 0.29) is 12.0 Å². The van der Waals surface area contributed by atoms with Crippen molar-refractivity contribution in [2.75, 3.05) is 0 Å². The Hall–Kier alpha value is -1.35. The molecule has 0 bridgehead atoms. The van der Waals surface area contributed by atoms with Crippen LogP contribution in [0.2, 0.25) is 0 Å². The van der Waals surface area contributed by atoms with E-state index < -0.39 is 5.60 Å². The Morgan fingerprint density at radius 2 is 2.12 bits per heavy atom. The van der Waals surface area contributed by atoms with Crippen molar-refractivity contribution in [2.24, 2.45) is 5.73 Å². The van der Waals surface area contributed by atoms with Crippen LogP contribution in [0.5, 0.6) is 0 Å². The first kappa shape index (κ1) is 12.1. The van der Waals surface area contributed by atoms with Crippen LogP contribution in [0.25, 0.3) is 0 Å². The van der Waals surface area contributed by atoms with Crippen molar-refractivity contribution in [1.82, 2.24) is 0 Å². The van der Waals surface area contributed by atoms with Crippen LogP contribution in [0.4, 0.5) is 0 Å². The molecule has 0 saturated carbocycles. The number of fused-ring (bicyclic) bond motifs is 1. The second kappa shape index (κ2) is 4.15. The van der Waals surface area contributed by atoms with Crippen LogP contribution in [-0.4, -0.2) is 11.6 Å². The Labute approximate surface area is 102 Å². The lowest BCUT2D eigenvalue weighted by Gasteiger charge is -2.20. The number of rotatable bonds is 1. The van der Waals surface area contributed by atoms with Crippen molar-refractivity contribution < 1.29 is 9.53 Å². The van der Waals surface area contributed by atoms with Gasteiger partial charge in [-0.15, -0.1) is 0 Å². The number of esters is 1. The van der Waals surface area contributed by atoms with Crippen LogP contribution in [0.15, 0.2) is 18.2 Å². The summed E-state index contributed by atoms with van der Waals surface area (Å²) in [4.78, 5) is 12.1. The zero-order valence-electron chi connectivity index (χ0n) is 10.6. The van der Waals surface area contributed by atoms with E-state index in [0.29, 0.717) is 5.56 Å². The molecule has 0 aliphatic heterocycles. The number of hydrogen-bond donors (Lipinski definition) is 1. The van der Waals surface area contributed by atoms with Gasteiger partial charge < -0.3 is 10.5 Å². The predicted molar refractivity (Wildman–Crippen MR) is 66.9 cm³/mol. The summed E-state index contributed by atoms with van der Waals surface area (Å²) in [5, 5.41) is 0. The standard InChI is InChI=1S/C14H19NO2/c1-14(2,3)17-13(16)11-6-4-5-10-9(11)7-8-12(10)15/h4-6,12H,7-8,15H2,1-3H3/t12-/m1/s1. The van der Waals surface area contributed by atoms with Gasteiger partial charge in [0, 0.05) is 6.04 Å². The van der Waals surface area contributed by atoms with Gasteiger partial charge in [-0.25, -0.2) is 4.79 Å². The van der Waals surface area contributed by atoms with E-state index in [4.69, 9.17) is 10.5 Å². The van der Waals surface area contributed by atoms with Gasteiger partial charge in [0.2, 0.25) is 0 Å². The minimum atomic E-state index is -0.458. The quantitative estimate of drug-likeness (QED) is 0.758. The first-order valence-corrected chi connectivity index (χ1v) is 5.99. The summed E-state index contributed by atoms with van der Waals surface area (Å²) in [7, 11) is 0. The zero-order chi connectivity index (χ0) is 12.6. The summed E-state index contributed by atoms with van der Waals surface area (Å²) in [6, 6.07) is 5.77. The number of carbonyl (C=O) groups excluding carboxylic acids is 1. The molecule has 1 aliphatic carbocycles. The minimum absolute atomic E-state index is 0.0624. The topological polar surface area (TPSA) is 52.3 Å². The van der Waals surface area contributed by atoms with Crippen molar-refractivity contribution in [2.45, 2.75) is 45.3 Å². The minimum Gasteiger partial charge on any atom is -0.456 e. The Morgan fingerprint density at radius 1 is 1.41 bits per heavy atom. The van der Waals surface area contributed by atoms with Crippen LogP contribution >= 0.6 is 0 Å². The molecule has 92 valence electrons. The van der Waals surface area contributed by atoms with Gasteiger partial charge in [0.25, 0.3) is 0 Å². The third kappa shape index (κ3) is 2.50. The van der Waals surface area contributed by atoms with Gasteiger partial charge in [0.1, 0.15) is 5.60 Å². The number of nitrogens with two attached hydrogens (primary N) is 1. The van der Waals surface area contributed by atoms with Crippen LogP contribution in [-0.2, 0) is 11.2 Å². The number of benzene rings is 1. The van der Waals surface area contributed by atoms with Gasteiger partial charge in [-0.1, -0.05) is 12.1 Å². The van der Waals surface area contributed by atoms with E-state index in [1.54, 1.807) is 0 Å². The molecule has 0 aromatic heterocycles. The van der Waals surface area contributed by atoms with E-state index in [0.717, 1.165) is 24.0 Å². The highest BCUT2D eigenvalue weighted by molar-refractivity contribution is 5.92. The maximum atomic E-state index is 12.1. The molecule has 1 aliphatic rings. The molecule has 0 saturated heterocycles. The summed E-state index contributed by atoms with van der Waals surface area (Å²) in [5.41, 5.74) is 8.36. The second-order valence-electron chi connectivity index (χ2n) is 5.52. The highest BCUT2D eigenvalue weighted by atomic mass is 16.6. The molecule has 2 rings (SSSR count). The maximum absolute atomic E-state index is 12.1. The molecule has 0 heterocycles. The fourth-order valence-corrected chi connectivity index (χ4v) is 2.21. The van der Waals surface area contributed by atoms with Crippen molar-refractivity contribution in [3.05, 3.63) is 34.9 Å². The molecule has 3 heteroatoms. The molecule has 0 unspecified atom stereocenters. The van der Waals surface area contributed by atoms with Crippen LogP contribution in [0.3, 0.4) is 0 Å². The van der Waals surface area contributed by atoms with Gasteiger partial charge in [0.15, 0.2) is 0 Å². The summed E-state index contributed by atoms with van der Waals surface area (Å²) >= 11 is 0. The summed E-state index contributed by atoms with van der Waals surface area (Å²) in [6.07, 6.45) is 1.78. The Bertz CT molecular complexity index is 446. The van der Waals surface area contributed by atoms with E-state index >= 15 is 0 Å². The fourth-order valence-electron chi connectivity index (χ4n) is 2.21. The monoisotopic (exact) mass is 233 g/mol. The molecule has 3 nitrogen and oxygen atoms in total. The summed E-state index contributed by atoms with van der Waals surface area (Å²) < 4.78 is 5.40. The van der Waals surface area contributed by atoms with Gasteiger partial charge in [-0.05, 0) is 50.8 Å². The second-order valence-corrected chi connectivity index (χ2v) is 5.52. The van der Waals surface area contributed by atoms with Gasteiger partial charge in [0.05, 0.1) is 5.56 Å². The summed E-state index contributed by atoms with van der Waals surface area (Å²) in [6.45, 7) is 5.62. The Kier molecular flexibility index (Phi) is 2.96. The van der Waals surface area contributed by atoms with Crippen molar-refractivity contribution in [1.29, 1.82) is 0 Å². The van der Waals surface area contributed by atoms with E-state index in [9.17, 15) is 4.79 Å². The van der Waals surface area contributed by atoms with Gasteiger partial charge >= 0.3 is 5.97 Å². The SMILES string of the molecule is CC(C)(C)OC(=O)c1cccc2c1CC[C@H]2N. The largest absolute Gasteiger partial charge is 0.456 e. The van der Waals surface area contributed by atoms with Crippen molar-refractivity contribution >= 4 is 5.97 Å². The molecule has 0 spiro atoms. The zero-order valence-corrected chi connectivity index (χ0v) is 10.6. The van der Waals surface area contributed by atoms with Crippen molar-refractivity contribution in [3.63, 3.8) is 0 Å². The van der Waals surface area contributed by atoms with Crippen LogP contribution in [0.1, 0.15) is 54.7 Å². The van der Waals surface area contributed by atoms with Crippen LogP contribution in [0, 0.1) is 0 Å². The average Bonchev–Trinajstić information content (AvgIpc) is 2.58. The normalized spacial score (nSPS) is 18.9. The molecule has 17 heavy (non-hydrogen) atoms. The molecule has 1 aromatic carbocycles. The molecule has 0 amide bonds. The first-order chi connectivity index (χ1) is 7.88. The first-order valence-electron chi connectivity index (χ1n) is 5.99. The summed E-state index contributed by atoms with van der Waals surface area (Å²) in [5.74, 6) is -0.247. The molecule has 0 fully saturated rings. The van der Waals surface area contributed by atoms with E-state index in [2.05, 4.69) is 0 Å². The van der Waals surface area contributed by atoms with Gasteiger partial charge in [-0.3, -0.25) is 0 Å². The number of ether oxygens (including phenoxy) is 1. The average molecular weight is 233 g/mol. The number of hydrogen-bond acceptors (Lipinski definition) is 3. The lowest BCUT2D eigenvalue weighted by atomic mass is 10.0.